The number of nitrogen functional groups attached to an aromatic ring is 1. The Morgan fingerprint density at radius 2 is 2.11 bits per heavy atom. The molecular weight excluding hydrogens is 236 g/mol. The molecule has 0 radical (unpaired) electrons. The molecule has 1 aromatic heterocycles. The van der Waals surface area contributed by atoms with Gasteiger partial charge in [0.15, 0.2) is 0 Å². The number of aromatic nitrogens is 2. The van der Waals surface area contributed by atoms with E-state index < -0.39 is 0 Å². The summed E-state index contributed by atoms with van der Waals surface area (Å²) in [4.78, 5) is 0. The third-order valence-electron chi connectivity index (χ3n) is 4.47. The summed E-state index contributed by atoms with van der Waals surface area (Å²) in [6.07, 6.45) is 7.52. The number of hydrogen-bond acceptors (Lipinski definition) is 3. The summed E-state index contributed by atoms with van der Waals surface area (Å²) >= 11 is 0. The van der Waals surface area contributed by atoms with Gasteiger partial charge in [-0.25, -0.2) is 0 Å². The van der Waals surface area contributed by atoms with Gasteiger partial charge in [0.1, 0.15) is 5.82 Å². The van der Waals surface area contributed by atoms with Gasteiger partial charge in [-0.2, -0.15) is 5.10 Å². The minimum absolute atomic E-state index is 0.776. The maximum atomic E-state index is 6.19. The summed E-state index contributed by atoms with van der Waals surface area (Å²) in [6.45, 7) is 5.56. The molecule has 0 aliphatic heterocycles. The van der Waals surface area contributed by atoms with E-state index in [2.05, 4.69) is 24.3 Å². The van der Waals surface area contributed by atoms with Crippen LogP contribution in [0.3, 0.4) is 0 Å². The van der Waals surface area contributed by atoms with Crippen molar-refractivity contribution < 1.29 is 0 Å². The Morgan fingerprint density at radius 1 is 1.37 bits per heavy atom. The molecule has 1 aromatic rings. The van der Waals surface area contributed by atoms with Crippen molar-refractivity contribution in [1.29, 1.82) is 0 Å². The molecule has 0 spiro atoms. The van der Waals surface area contributed by atoms with Gasteiger partial charge in [0.25, 0.3) is 0 Å². The summed E-state index contributed by atoms with van der Waals surface area (Å²) in [6, 6.07) is 0. The quantitative estimate of drug-likeness (QED) is 0.858. The van der Waals surface area contributed by atoms with Gasteiger partial charge in [-0.1, -0.05) is 39.5 Å². The molecule has 19 heavy (non-hydrogen) atoms. The lowest BCUT2D eigenvalue weighted by Gasteiger charge is -2.29. The van der Waals surface area contributed by atoms with Crippen LogP contribution in [0.1, 0.15) is 51.6 Å². The van der Waals surface area contributed by atoms with E-state index in [0.717, 1.165) is 48.4 Å². The van der Waals surface area contributed by atoms with Crippen molar-refractivity contribution >= 4 is 11.5 Å². The topological polar surface area (TPSA) is 55.9 Å². The van der Waals surface area contributed by atoms with Crippen LogP contribution < -0.4 is 11.1 Å². The highest BCUT2D eigenvalue weighted by atomic mass is 15.3. The number of nitrogens with two attached hydrogens (primary N) is 1. The maximum Gasteiger partial charge on any atom is 0.147 e. The zero-order chi connectivity index (χ0) is 13.8. The van der Waals surface area contributed by atoms with E-state index in [9.17, 15) is 0 Å². The molecule has 0 saturated heterocycles. The number of hydrogen-bond donors (Lipinski definition) is 2. The van der Waals surface area contributed by atoms with Gasteiger partial charge in [-0.15, -0.1) is 0 Å². The fourth-order valence-electron chi connectivity index (χ4n) is 3.15. The van der Waals surface area contributed by atoms with E-state index in [4.69, 9.17) is 5.73 Å². The van der Waals surface area contributed by atoms with Crippen molar-refractivity contribution in [3.63, 3.8) is 0 Å². The molecule has 1 fully saturated rings. The minimum Gasteiger partial charge on any atom is -0.394 e. The van der Waals surface area contributed by atoms with Gasteiger partial charge in [-0.3, -0.25) is 4.68 Å². The van der Waals surface area contributed by atoms with Gasteiger partial charge >= 0.3 is 0 Å². The van der Waals surface area contributed by atoms with Gasteiger partial charge < -0.3 is 11.1 Å². The SMILES string of the molecule is CCCc1nn(C)c(NCC2CCCCC2C)c1N. The van der Waals surface area contributed by atoms with Crippen molar-refractivity contribution in [3.05, 3.63) is 5.69 Å². The lowest BCUT2D eigenvalue weighted by atomic mass is 9.80. The Morgan fingerprint density at radius 3 is 2.79 bits per heavy atom. The fourth-order valence-corrected chi connectivity index (χ4v) is 3.15. The first-order valence-electron chi connectivity index (χ1n) is 7.68. The number of anilines is 2. The van der Waals surface area contributed by atoms with Crippen molar-refractivity contribution in [2.75, 3.05) is 17.6 Å². The molecular formula is C15H28N4. The third-order valence-corrected chi connectivity index (χ3v) is 4.47. The summed E-state index contributed by atoms with van der Waals surface area (Å²) in [5, 5.41) is 8.05. The van der Waals surface area contributed by atoms with Crippen LogP contribution in [0.5, 0.6) is 0 Å². The normalized spacial score (nSPS) is 23.5. The fraction of sp³-hybridized carbons (Fsp3) is 0.800. The molecule has 4 heteroatoms. The first-order chi connectivity index (χ1) is 9.13. The molecule has 2 atom stereocenters. The Kier molecular flexibility index (Phi) is 4.72. The maximum absolute atomic E-state index is 6.19. The van der Waals surface area contributed by atoms with E-state index in [1.165, 1.54) is 25.7 Å². The summed E-state index contributed by atoms with van der Waals surface area (Å²) in [7, 11) is 1.97. The standard InChI is InChI=1S/C15H28N4/c1-4-7-13-14(16)15(19(3)18-13)17-10-12-9-6-5-8-11(12)2/h11-12,17H,4-10,16H2,1-3H3. The van der Waals surface area contributed by atoms with Crippen molar-refractivity contribution in [2.45, 2.75) is 52.4 Å². The summed E-state index contributed by atoms with van der Waals surface area (Å²) in [5.41, 5.74) is 8.07. The predicted molar refractivity (Wildman–Crippen MR) is 81.2 cm³/mol. The molecule has 0 aromatic carbocycles. The predicted octanol–water partition coefficient (Wildman–Crippen LogP) is 3.19. The average molecular weight is 264 g/mol. The molecule has 2 unspecified atom stereocenters. The van der Waals surface area contributed by atoms with Gasteiger partial charge in [0, 0.05) is 13.6 Å². The molecule has 2 rings (SSSR count). The van der Waals surface area contributed by atoms with E-state index in [1.807, 2.05) is 11.7 Å². The number of nitrogens with one attached hydrogen (secondary N) is 1. The Hall–Kier alpha value is -1.19. The summed E-state index contributed by atoms with van der Waals surface area (Å²) in [5.74, 6) is 2.60. The smallest absolute Gasteiger partial charge is 0.147 e. The van der Waals surface area contributed by atoms with Crippen molar-refractivity contribution in [3.8, 4) is 0 Å². The monoisotopic (exact) mass is 264 g/mol. The Labute approximate surface area is 116 Å². The zero-order valence-electron chi connectivity index (χ0n) is 12.6. The van der Waals surface area contributed by atoms with Crippen LogP contribution in [0.4, 0.5) is 11.5 Å². The van der Waals surface area contributed by atoms with Gasteiger partial charge in [-0.05, 0) is 24.7 Å². The molecule has 1 saturated carbocycles. The molecule has 1 aliphatic carbocycles. The van der Waals surface area contributed by atoms with E-state index in [-0.39, 0.29) is 0 Å². The molecule has 4 nitrogen and oxygen atoms in total. The first-order valence-corrected chi connectivity index (χ1v) is 7.68. The molecule has 108 valence electrons. The average Bonchev–Trinajstić information content (AvgIpc) is 2.65. The van der Waals surface area contributed by atoms with Crippen molar-refractivity contribution in [1.82, 2.24) is 9.78 Å². The Balaban J connectivity index is 1.98. The minimum atomic E-state index is 0.776. The van der Waals surface area contributed by atoms with Crippen LogP contribution in [0.2, 0.25) is 0 Å². The van der Waals surface area contributed by atoms with E-state index in [0.29, 0.717) is 0 Å². The van der Waals surface area contributed by atoms with E-state index >= 15 is 0 Å². The second kappa shape index (κ2) is 6.31. The molecule has 1 heterocycles. The van der Waals surface area contributed by atoms with Crippen LogP contribution in [0, 0.1) is 11.8 Å². The second-order valence-electron chi connectivity index (χ2n) is 5.99. The van der Waals surface area contributed by atoms with E-state index in [1.54, 1.807) is 0 Å². The molecule has 1 aliphatic rings. The third kappa shape index (κ3) is 3.23. The highest BCUT2D eigenvalue weighted by molar-refractivity contribution is 5.65. The number of nitrogens with zero attached hydrogens (tertiary/aromatic N) is 2. The highest BCUT2D eigenvalue weighted by Gasteiger charge is 2.22. The summed E-state index contributed by atoms with van der Waals surface area (Å²) < 4.78 is 1.90. The van der Waals surface area contributed by atoms with Gasteiger partial charge in [0.05, 0.1) is 11.4 Å². The molecule has 0 bridgehead atoms. The molecule has 0 amide bonds. The van der Waals surface area contributed by atoms with Crippen LogP contribution in [-0.4, -0.2) is 16.3 Å². The van der Waals surface area contributed by atoms with Crippen LogP contribution >= 0.6 is 0 Å². The van der Waals surface area contributed by atoms with Crippen LogP contribution in [0.25, 0.3) is 0 Å². The Bertz CT molecular complexity index is 411. The molecule has 3 N–H and O–H groups in total. The second-order valence-corrected chi connectivity index (χ2v) is 5.99. The largest absolute Gasteiger partial charge is 0.394 e. The first kappa shape index (κ1) is 14.2. The zero-order valence-corrected chi connectivity index (χ0v) is 12.6. The number of aryl methyl sites for hydroxylation is 2. The lowest BCUT2D eigenvalue weighted by Crippen LogP contribution is -2.25. The van der Waals surface area contributed by atoms with Crippen LogP contribution in [-0.2, 0) is 13.5 Å². The number of rotatable bonds is 5. The van der Waals surface area contributed by atoms with Crippen LogP contribution in [0.15, 0.2) is 0 Å². The lowest BCUT2D eigenvalue weighted by molar-refractivity contribution is 0.268. The van der Waals surface area contributed by atoms with Crippen molar-refractivity contribution in [2.24, 2.45) is 18.9 Å². The van der Waals surface area contributed by atoms with Gasteiger partial charge in [0.2, 0.25) is 0 Å². The highest BCUT2D eigenvalue weighted by Crippen LogP contribution is 2.30.